The molecule has 1 aliphatic heterocycles. The average Bonchev–Trinajstić information content (AvgIpc) is 2.84. The van der Waals surface area contributed by atoms with Gasteiger partial charge in [-0.25, -0.2) is 9.37 Å². The molecule has 1 atom stereocenters. The van der Waals surface area contributed by atoms with Crippen LogP contribution in [0.5, 0.6) is 5.75 Å². The molecule has 4 rings (SSSR count). The van der Waals surface area contributed by atoms with E-state index in [0.29, 0.717) is 32.3 Å². The normalized spacial score (nSPS) is 14.8. The number of ether oxygens (including phenoxy) is 2. The van der Waals surface area contributed by atoms with Crippen LogP contribution in [0.1, 0.15) is 18.1 Å². The quantitative estimate of drug-likeness (QED) is 0.373. The van der Waals surface area contributed by atoms with E-state index in [0.717, 1.165) is 30.5 Å². The van der Waals surface area contributed by atoms with E-state index in [-0.39, 0.29) is 60.1 Å². The number of pyridine rings is 1. The lowest BCUT2D eigenvalue weighted by Crippen LogP contribution is -2.41. The van der Waals surface area contributed by atoms with E-state index in [2.05, 4.69) is 14.9 Å². The minimum atomic E-state index is -0.516. The topological polar surface area (TPSA) is 72.7 Å². The molecule has 1 saturated heterocycles. The Morgan fingerprint density at radius 2 is 1.89 bits per heavy atom. The van der Waals surface area contributed by atoms with Gasteiger partial charge in [0.25, 0.3) is 5.56 Å². The first-order chi connectivity index (χ1) is 16.4. The molecule has 3 aromatic rings. The number of hydrogen-bond donors (Lipinski definition) is 0. The molecule has 0 radical (unpaired) electrons. The summed E-state index contributed by atoms with van der Waals surface area (Å²) < 4.78 is 27.6. The number of morpholine rings is 1. The first-order valence-electron chi connectivity index (χ1n) is 11.3. The lowest BCUT2D eigenvalue weighted by Gasteiger charge is -2.34. The summed E-state index contributed by atoms with van der Waals surface area (Å²) in [4.78, 5) is 25.2. The highest BCUT2D eigenvalue weighted by molar-refractivity contribution is 5.86. The van der Waals surface area contributed by atoms with E-state index in [1.54, 1.807) is 7.05 Å². The first kappa shape index (κ1) is 32.6. The number of aromatic nitrogens is 3. The van der Waals surface area contributed by atoms with Gasteiger partial charge in [0, 0.05) is 38.0 Å². The molecule has 12 heteroatoms. The van der Waals surface area contributed by atoms with Gasteiger partial charge in [0.2, 0.25) is 5.95 Å². The van der Waals surface area contributed by atoms with Crippen molar-refractivity contribution < 1.29 is 13.9 Å². The Balaban J connectivity index is 0.00000228. The Labute approximate surface area is 235 Å². The van der Waals surface area contributed by atoms with Crippen molar-refractivity contribution in [1.29, 1.82) is 0 Å². The minimum Gasteiger partial charge on any atom is -0.494 e. The molecule has 3 heterocycles. The summed E-state index contributed by atoms with van der Waals surface area (Å²) in [5.41, 5.74) is 1.30. The molecule has 0 saturated carbocycles. The van der Waals surface area contributed by atoms with E-state index in [1.165, 1.54) is 22.9 Å². The molecule has 0 spiro atoms. The van der Waals surface area contributed by atoms with Gasteiger partial charge >= 0.3 is 0 Å². The maximum atomic E-state index is 14.3. The van der Waals surface area contributed by atoms with Crippen molar-refractivity contribution in [3.63, 3.8) is 0 Å². The Morgan fingerprint density at radius 1 is 1.16 bits per heavy atom. The van der Waals surface area contributed by atoms with E-state index < -0.39 is 5.82 Å². The lowest BCUT2D eigenvalue weighted by atomic mass is 10.1. The highest BCUT2D eigenvalue weighted by Crippen LogP contribution is 2.27. The van der Waals surface area contributed by atoms with Crippen molar-refractivity contribution >= 4 is 43.2 Å². The van der Waals surface area contributed by atoms with Crippen molar-refractivity contribution in [2.45, 2.75) is 12.5 Å². The largest absolute Gasteiger partial charge is 0.494 e. The lowest BCUT2D eigenvalue weighted by molar-refractivity contribution is 0.0389. The fourth-order valence-corrected chi connectivity index (χ4v) is 3.91. The monoisotopic (exact) mass is 575 g/mol. The van der Waals surface area contributed by atoms with Crippen LogP contribution in [-0.4, -0.2) is 66.4 Å². The Kier molecular flexibility index (Phi) is 13.3. The highest BCUT2D eigenvalue weighted by Gasteiger charge is 2.25. The first-order valence-corrected chi connectivity index (χ1v) is 11.3. The van der Waals surface area contributed by atoms with Gasteiger partial charge in [0.05, 0.1) is 31.6 Å². The smallest absolute Gasteiger partial charge is 0.255 e. The van der Waals surface area contributed by atoms with Gasteiger partial charge in [0.1, 0.15) is 11.9 Å². The van der Waals surface area contributed by atoms with Crippen LogP contribution in [0, 0.1) is 5.82 Å². The zero-order chi connectivity index (χ0) is 24.1. The maximum Gasteiger partial charge on any atom is 0.255 e. The molecule has 1 fully saturated rings. The van der Waals surface area contributed by atoms with Crippen molar-refractivity contribution in [1.82, 2.24) is 19.4 Å². The summed E-state index contributed by atoms with van der Waals surface area (Å²) in [5, 5.41) is 0. The van der Waals surface area contributed by atoms with Crippen molar-refractivity contribution in [2.75, 3.05) is 51.8 Å². The van der Waals surface area contributed by atoms with Crippen LogP contribution in [0.25, 0.3) is 11.3 Å². The molecule has 0 unspecified atom stereocenters. The van der Waals surface area contributed by atoms with Gasteiger partial charge in [-0.2, -0.15) is 0 Å². The summed E-state index contributed by atoms with van der Waals surface area (Å²) in [5.74, 6) is 0.789. The van der Waals surface area contributed by atoms with Crippen LogP contribution in [0.4, 0.5) is 10.3 Å². The van der Waals surface area contributed by atoms with Crippen LogP contribution in [0.15, 0.2) is 53.6 Å². The molecule has 1 aliphatic rings. The zero-order valence-corrected chi connectivity index (χ0v) is 23.5. The SMILES string of the molecule is CN(C)CCCOc1ccc([C@H]2CN(c3nc(-c4ccncc4F)cc(=O)n3C)CCO2)cc1.Cl.Cl.Cl. The Hall–Kier alpha value is -2.43. The number of hydrogen-bond acceptors (Lipinski definition) is 7. The molecular formula is C25H33Cl3FN5O3. The number of anilines is 1. The number of rotatable bonds is 8. The Morgan fingerprint density at radius 3 is 2.57 bits per heavy atom. The van der Waals surface area contributed by atoms with Crippen LogP contribution in [0.2, 0.25) is 0 Å². The molecule has 0 amide bonds. The second-order valence-electron chi connectivity index (χ2n) is 8.57. The summed E-state index contributed by atoms with van der Waals surface area (Å²) in [6, 6.07) is 10.8. The van der Waals surface area contributed by atoms with Crippen molar-refractivity contribution in [3.05, 3.63) is 70.5 Å². The summed E-state index contributed by atoms with van der Waals surface area (Å²) in [6.45, 7) is 3.23. The zero-order valence-electron chi connectivity index (χ0n) is 21.0. The average molecular weight is 577 g/mol. The van der Waals surface area contributed by atoms with Crippen LogP contribution < -0.4 is 15.2 Å². The molecule has 0 bridgehead atoms. The van der Waals surface area contributed by atoms with Crippen LogP contribution in [0.3, 0.4) is 0 Å². The third kappa shape index (κ3) is 8.28. The predicted molar refractivity (Wildman–Crippen MR) is 150 cm³/mol. The standard InChI is InChI=1S/C25H30FN5O3.3ClH/c1-29(2)11-4-13-33-19-7-5-18(6-8-19)23-17-31(12-14-34-23)25-28-22(15-24(32)30(25)3)20-9-10-27-16-21(20)26;;;/h5-10,15-16,23H,4,11-14,17H2,1-3H3;3*1H/t23-;;;/m1.../s1. The second-order valence-corrected chi connectivity index (χ2v) is 8.57. The summed E-state index contributed by atoms with van der Waals surface area (Å²) in [7, 11) is 5.76. The molecule has 37 heavy (non-hydrogen) atoms. The van der Waals surface area contributed by atoms with Gasteiger partial charge < -0.3 is 19.3 Å². The minimum absolute atomic E-state index is 0. The van der Waals surface area contributed by atoms with E-state index in [1.807, 2.05) is 43.3 Å². The van der Waals surface area contributed by atoms with Crippen molar-refractivity contribution in [3.8, 4) is 17.0 Å². The summed E-state index contributed by atoms with van der Waals surface area (Å²) in [6.07, 6.45) is 3.38. The number of halogens is 4. The van der Waals surface area contributed by atoms with Gasteiger partial charge in [0.15, 0.2) is 5.82 Å². The van der Waals surface area contributed by atoms with Gasteiger partial charge in [-0.15, -0.1) is 37.2 Å². The number of benzene rings is 1. The highest BCUT2D eigenvalue weighted by atomic mass is 35.5. The molecule has 0 aliphatic carbocycles. The maximum absolute atomic E-state index is 14.3. The molecular weight excluding hydrogens is 544 g/mol. The fraction of sp³-hybridized carbons (Fsp3) is 0.400. The molecule has 8 nitrogen and oxygen atoms in total. The summed E-state index contributed by atoms with van der Waals surface area (Å²) >= 11 is 0. The van der Waals surface area contributed by atoms with Crippen molar-refractivity contribution in [2.24, 2.45) is 7.05 Å². The molecule has 204 valence electrons. The van der Waals surface area contributed by atoms with Crippen LogP contribution in [-0.2, 0) is 11.8 Å². The fourth-order valence-electron chi connectivity index (χ4n) is 3.91. The molecule has 2 aromatic heterocycles. The van der Waals surface area contributed by atoms with E-state index in [4.69, 9.17) is 9.47 Å². The van der Waals surface area contributed by atoms with Gasteiger partial charge in [-0.1, -0.05) is 12.1 Å². The molecule has 1 aromatic carbocycles. The third-order valence-corrected chi connectivity index (χ3v) is 5.78. The Bertz CT molecular complexity index is 1180. The predicted octanol–water partition coefficient (Wildman–Crippen LogP) is 4.16. The second kappa shape index (κ2) is 15.1. The van der Waals surface area contributed by atoms with E-state index >= 15 is 0 Å². The van der Waals surface area contributed by atoms with Gasteiger partial charge in [-0.05, 0) is 44.3 Å². The molecule has 0 N–H and O–H groups in total. The third-order valence-electron chi connectivity index (χ3n) is 5.78. The van der Waals surface area contributed by atoms with E-state index in [9.17, 15) is 9.18 Å². The number of nitrogens with zero attached hydrogens (tertiary/aromatic N) is 5. The van der Waals surface area contributed by atoms with Gasteiger partial charge in [-0.3, -0.25) is 14.3 Å². The van der Waals surface area contributed by atoms with Crippen LogP contribution >= 0.6 is 37.2 Å².